The van der Waals surface area contributed by atoms with Crippen LogP contribution in [0.5, 0.6) is 0 Å². The maximum atomic E-state index is 11.7. The molecule has 1 aliphatic carbocycles. The van der Waals surface area contributed by atoms with Crippen molar-refractivity contribution < 1.29 is 40.1 Å². The van der Waals surface area contributed by atoms with E-state index in [1.807, 2.05) is 42.5 Å². The molecule has 5 N–H and O–H groups in total. The zero-order chi connectivity index (χ0) is 25.6. The largest absolute Gasteiger partial charge is 0.463 e. The lowest BCUT2D eigenvalue weighted by Gasteiger charge is -2.23. The number of aliphatic hydroxyl groups excluding tert-OH is 3. The Balaban J connectivity index is 1.65. The molecule has 0 saturated heterocycles. The van der Waals surface area contributed by atoms with E-state index in [1.54, 1.807) is 0 Å². The van der Waals surface area contributed by atoms with Gasteiger partial charge in [-0.25, -0.2) is 4.84 Å². The standard InChI is InChI=1S/C26H41NO8/c1-19(35-27(32)33)18-34-26(31)12-8-3-2-7-11-22-23(25(30)17-24(22)29)16-15-21(28)14-13-20-9-5-4-6-10-20/h2,4-7,9-10,19,21-25,28-30,32-33H,3,8,11-18H2,1H3/b7-2-/t19?,21-,22+,23+,24-,25+/m0/s1. The minimum Gasteiger partial charge on any atom is -0.463 e. The molecule has 1 aliphatic rings. The summed E-state index contributed by atoms with van der Waals surface area (Å²) in [5.74, 6) is -0.489. The topological polar surface area (TPSA) is 140 Å². The number of rotatable bonds is 16. The first-order valence-electron chi connectivity index (χ1n) is 12.5. The zero-order valence-corrected chi connectivity index (χ0v) is 20.5. The van der Waals surface area contributed by atoms with Gasteiger partial charge < -0.3 is 20.1 Å². The first-order chi connectivity index (χ1) is 16.8. The number of carbonyl (C=O) groups excluding carboxylic acids is 1. The lowest BCUT2D eigenvalue weighted by atomic mass is 9.85. The molecular weight excluding hydrogens is 454 g/mol. The van der Waals surface area contributed by atoms with Crippen LogP contribution in [0.25, 0.3) is 0 Å². The van der Waals surface area contributed by atoms with Gasteiger partial charge in [-0.2, -0.15) is 0 Å². The van der Waals surface area contributed by atoms with Crippen LogP contribution in [0.3, 0.4) is 0 Å². The number of carbonyl (C=O) groups is 1. The zero-order valence-electron chi connectivity index (χ0n) is 20.5. The Morgan fingerprint density at radius 1 is 1.11 bits per heavy atom. The second-order valence-corrected chi connectivity index (χ2v) is 9.40. The Kier molecular flexibility index (Phi) is 13.4. The number of aryl methyl sites for hydroxylation is 1. The lowest BCUT2D eigenvalue weighted by molar-refractivity contribution is -0.504. The average molecular weight is 496 g/mol. The Morgan fingerprint density at radius 2 is 1.83 bits per heavy atom. The van der Waals surface area contributed by atoms with E-state index in [9.17, 15) is 20.1 Å². The Bertz CT molecular complexity index is 744. The van der Waals surface area contributed by atoms with Gasteiger partial charge >= 0.3 is 5.97 Å². The molecule has 6 atom stereocenters. The fraction of sp³-hybridized carbons (Fsp3) is 0.654. The Morgan fingerprint density at radius 3 is 2.54 bits per heavy atom. The molecule has 2 rings (SSSR count). The van der Waals surface area contributed by atoms with Crippen molar-refractivity contribution in [2.45, 2.75) is 89.1 Å². The van der Waals surface area contributed by atoms with Gasteiger partial charge in [0, 0.05) is 6.42 Å². The van der Waals surface area contributed by atoms with Crippen LogP contribution in [-0.2, 0) is 20.8 Å². The summed E-state index contributed by atoms with van der Waals surface area (Å²) in [5, 5.41) is 47.9. The van der Waals surface area contributed by atoms with Gasteiger partial charge in [0.1, 0.15) is 12.7 Å². The van der Waals surface area contributed by atoms with Gasteiger partial charge in [-0.05, 0) is 75.7 Å². The number of ether oxygens (including phenoxy) is 1. The molecular formula is C26H41NO8. The van der Waals surface area contributed by atoms with E-state index in [1.165, 1.54) is 12.5 Å². The Hall–Kier alpha value is -1.85. The average Bonchev–Trinajstić information content (AvgIpc) is 3.09. The molecule has 1 unspecified atom stereocenters. The predicted octanol–water partition coefficient (Wildman–Crippen LogP) is 3.18. The van der Waals surface area contributed by atoms with Crippen molar-refractivity contribution in [3.63, 3.8) is 0 Å². The molecule has 0 aromatic heterocycles. The van der Waals surface area contributed by atoms with E-state index < -0.39 is 35.8 Å². The van der Waals surface area contributed by atoms with Crippen molar-refractivity contribution >= 4 is 5.97 Å². The first kappa shape index (κ1) is 29.4. The summed E-state index contributed by atoms with van der Waals surface area (Å²) in [6.45, 7) is 1.44. The maximum Gasteiger partial charge on any atom is 0.305 e. The molecule has 1 aromatic rings. The minimum absolute atomic E-state index is 0.0472. The highest BCUT2D eigenvalue weighted by Crippen LogP contribution is 2.38. The SMILES string of the molecule is CC(COC(=O)CCC/C=C\C[C@@H]1[C@@H](CC[C@@H](O)CCc2ccccc2)[C@H](O)C[C@@H]1O)ON(O)O. The molecule has 0 radical (unpaired) electrons. The third kappa shape index (κ3) is 11.6. The van der Waals surface area contributed by atoms with Gasteiger partial charge in [0.15, 0.2) is 0 Å². The van der Waals surface area contributed by atoms with Crippen LogP contribution in [0.15, 0.2) is 42.5 Å². The van der Waals surface area contributed by atoms with Crippen LogP contribution in [-0.4, -0.2) is 68.1 Å². The summed E-state index contributed by atoms with van der Waals surface area (Å²) >= 11 is 0. The van der Waals surface area contributed by atoms with Crippen LogP contribution in [0.1, 0.15) is 63.9 Å². The van der Waals surface area contributed by atoms with Gasteiger partial charge in [-0.15, -0.1) is 0 Å². The number of unbranched alkanes of at least 4 members (excludes halogenated alkanes) is 1. The molecule has 9 heteroatoms. The molecule has 0 amide bonds. The van der Waals surface area contributed by atoms with Crippen molar-refractivity contribution in [2.75, 3.05) is 6.61 Å². The molecule has 1 fully saturated rings. The number of esters is 1. The van der Waals surface area contributed by atoms with Crippen LogP contribution in [0.2, 0.25) is 0 Å². The van der Waals surface area contributed by atoms with E-state index in [4.69, 9.17) is 15.2 Å². The van der Waals surface area contributed by atoms with Gasteiger partial charge in [-0.3, -0.25) is 15.2 Å². The van der Waals surface area contributed by atoms with Gasteiger partial charge in [0.2, 0.25) is 0 Å². The van der Waals surface area contributed by atoms with Crippen molar-refractivity contribution in [3.05, 3.63) is 48.0 Å². The third-order valence-electron chi connectivity index (χ3n) is 6.54. The molecule has 1 aromatic carbocycles. The minimum atomic E-state index is -0.681. The van der Waals surface area contributed by atoms with Crippen molar-refractivity contribution in [3.8, 4) is 0 Å². The van der Waals surface area contributed by atoms with E-state index in [0.29, 0.717) is 44.9 Å². The van der Waals surface area contributed by atoms with E-state index >= 15 is 0 Å². The van der Waals surface area contributed by atoms with Crippen LogP contribution < -0.4 is 0 Å². The van der Waals surface area contributed by atoms with Crippen LogP contribution in [0.4, 0.5) is 0 Å². The predicted molar refractivity (Wildman–Crippen MR) is 128 cm³/mol. The summed E-state index contributed by atoms with van der Waals surface area (Å²) in [7, 11) is 0. The summed E-state index contributed by atoms with van der Waals surface area (Å²) in [4.78, 5) is 16.2. The van der Waals surface area contributed by atoms with Crippen LogP contribution >= 0.6 is 0 Å². The van der Waals surface area contributed by atoms with Gasteiger partial charge in [0.05, 0.1) is 23.7 Å². The van der Waals surface area contributed by atoms with E-state index in [0.717, 1.165) is 6.42 Å². The molecule has 0 spiro atoms. The quantitative estimate of drug-likeness (QED) is 0.101. The highest BCUT2D eigenvalue weighted by molar-refractivity contribution is 5.69. The fourth-order valence-corrected chi connectivity index (χ4v) is 4.62. The summed E-state index contributed by atoms with van der Waals surface area (Å²) in [6.07, 6.45) is 6.99. The Labute approximate surface area is 207 Å². The number of nitrogens with zero attached hydrogens (tertiary/aromatic N) is 1. The fourth-order valence-electron chi connectivity index (χ4n) is 4.62. The van der Waals surface area contributed by atoms with Crippen molar-refractivity contribution in [2.24, 2.45) is 11.8 Å². The first-order valence-corrected chi connectivity index (χ1v) is 12.5. The summed E-state index contributed by atoms with van der Waals surface area (Å²) < 4.78 is 5.00. The monoisotopic (exact) mass is 495 g/mol. The molecule has 0 bridgehead atoms. The maximum absolute atomic E-state index is 11.7. The summed E-state index contributed by atoms with van der Waals surface area (Å²) in [5.41, 5.74) is 1.20. The van der Waals surface area contributed by atoms with Gasteiger partial charge in [0.25, 0.3) is 0 Å². The molecule has 0 heterocycles. The molecule has 1 saturated carbocycles. The molecule has 198 valence electrons. The number of allylic oxidation sites excluding steroid dienone is 2. The van der Waals surface area contributed by atoms with E-state index in [2.05, 4.69) is 4.84 Å². The number of aliphatic hydroxyl groups is 3. The smallest absolute Gasteiger partial charge is 0.305 e. The molecule has 0 aliphatic heterocycles. The van der Waals surface area contributed by atoms with E-state index in [-0.39, 0.29) is 24.9 Å². The molecule has 35 heavy (non-hydrogen) atoms. The second kappa shape index (κ2) is 16.0. The highest BCUT2D eigenvalue weighted by Gasteiger charge is 2.40. The van der Waals surface area contributed by atoms with Crippen molar-refractivity contribution in [1.82, 2.24) is 5.39 Å². The highest BCUT2D eigenvalue weighted by atomic mass is 17.1. The normalized spacial score (nSPS) is 24.2. The second-order valence-electron chi connectivity index (χ2n) is 9.40. The number of hydrogen-bond donors (Lipinski definition) is 5. The number of benzene rings is 1. The van der Waals surface area contributed by atoms with Crippen LogP contribution in [0, 0.1) is 11.8 Å². The molecule has 9 nitrogen and oxygen atoms in total. The summed E-state index contributed by atoms with van der Waals surface area (Å²) in [6, 6.07) is 10.1. The van der Waals surface area contributed by atoms with Crippen molar-refractivity contribution in [1.29, 1.82) is 0 Å². The third-order valence-corrected chi connectivity index (χ3v) is 6.54. The van der Waals surface area contributed by atoms with Gasteiger partial charge in [-0.1, -0.05) is 42.5 Å². The lowest BCUT2D eigenvalue weighted by Crippen LogP contribution is -2.26. The number of hydrogen-bond acceptors (Lipinski definition) is 9.